The molecule has 0 atom stereocenters. The Kier molecular flexibility index (Phi) is 7.82. The third kappa shape index (κ3) is 6.17. The number of carbonyl (C=O) groups is 1. The number of carboxylic acids is 1. The minimum absolute atomic E-state index is 0.0967. The topological polar surface area (TPSA) is 46.5 Å². The van der Waals surface area contributed by atoms with E-state index in [-0.39, 0.29) is 12.2 Å². The molecule has 0 radical (unpaired) electrons. The number of hydrogen-bond donors (Lipinski definition) is 1. The van der Waals surface area contributed by atoms with Gasteiger partial charge in [-0.05, 0) is 80.5 Å². The molecule has 1 aliphatic rings. The van der Waals surface area contributed by atoms with Crippen LogP contribution in [-0.2, 0) is 4.79 Å². The second-order valence-corrected chi connectivity index (χ2v) is 7.78. The van der Waals surface area contributed by atoms with E-state index >= 15 is 0 Å². The van der Waals surface area contributed by atoms with Gasteiger partial charge in [0.05, 0.1) is 6.61 Å². The molecule has 2 aromatic carbocycles. The van der Waals surface area contributed by atoms with E-state index in [1.54, 1.807) is 0 Å². The average molecular weight is 421 g/mol. The molecule has 1 fully saturated rings. The SMILES string of the molecule is C/C=C1\C/C(=C(\c2ccc(F)cc2)c2ccc(OCCCC(=O)O)cc2)C/C(=C/C)C1. The van der Waals surface area contributed by atoms with Gasteiger partial charge in [0.15, 0.2) is 0 Å². The molecule has 0 aromatic heterocycles. The lowest BCUT2D eigenvalue weighted by Crippen LogP contribution is -2.05. The third-order valence-electron chi connectivity index (χ3n) is 5.58. The number of carboxylic acid groups (broad SMARTS) is 1. The van der Waals surface area contributed by atoms with Gasteiger partial charge >= 0.3 is 5.97 Å². The van der Waals surface area contributed by atoms with Crippen LogP contribution in [0.15, 0.2) is 77.4 Å². The van der Waals surface area contributed by atoms with Crippen molar-refractivity contribution in [3.8, 4) is 5.75 Å². The highest BCUT2D eigenvalue weighted by Crippen LogP contribution is 2.39. The number of benzene rings is 2. The van der Waals surface area contributed by atoms with E-state index in [1.165, 1.54) is 28.9 Å². The molecule has 0 aliphatic heterocycles. The van der Waals surface area contributed by atoms with Gasteiger partial charge in [0.2, 0.25) is 0 Å². The van der Waals surface area contributed by atoms with Crippen LogP contribution in [0.1, 0.15) is 57.1 Å². The summed E-state index contributed by atoms with van der Waals surface area (Å²) in [6.45, 7) is 4.53. The van der Waals surface area contributed by atoms with Crippen LogP contribution in [0.4, 0.5) is 4.39 Å². The second kappa shape index (κ2) is 10.8. The quantitative estimate of drug-likeness (QED) is 0.389. The van der Waals surface area contributed by atoms with Crippen LogP contribution in [-0.4, -0.2) is 17.7 Å². The summed E-state index contributed by atoms with van der Waals surface area (Å²) in [5.41, 5.74) is 7.32. The molecule has 1 N–H and O–H groups in total. The number of hydrogen-bond acceptors (Lipinski definition) is 2. The van der Waals surface area contributed by atoms with Crippen molar-refractivity contribution in [2.75, 3.05) is 6.61 Å². The summed E-state index contributed by atoms with van der Waals surface area (Å²) in [6.07, 6.45) is 7.79. The predicted molar refractivity (Wildman–Crippen MR) is 123 cm³/mol. The monoisotopic (exact) mass is 420 g/mol. The fourth-order valence-corrected chi connectivity index (χ4v) is 3.94. The van der Waals surface area contributed by atoms with Crippen molar-refractivity contribution in [3.63, 3.8) is 0 Å². The summed E-state index contributed by atoms with van der Waals surface area (Å²) in [4.78, 5) is 10.6. The van der Waals surface area contributed by atoms with Crippen molar-refractivity contribution in [2.24, 2.45) is 0 Å². The molecule has 1 saturated carbocycles. The van der Waals surface area contributed by atoms with Gasteiger partial charge in [-0.1, -0.05) is 53.1 Å². The van der Waals surface area contributed by atoms with Gasteiger partial charge in [-0.2, -0.15) is 0 Å². The number of halogens is 1. The van der Waals surface area contributed by atoms with E-state index in [0.717, 1.165) is 36.0 Å². The van der Waals surface area contributed by atoms with E-state index < -0.39 is 5.97 Å². The Morgan fingerprint density at radius 1 is 0.935 bits per heavy atom. The van der Waals surface area contributed by atoms with Gasteiger partial charge in [0.25, 0.3) is 0 Å². The predicted octanol–water partition coefficient (Wildman–Crippen LogP) is 6.95. The average Bonchev–Trinajstić information content (AvgIpc) is 2.78. The first-order chi connectivity index (χ1) is 15.0. The van der Waals surface area contributed by atoms with Crippen LogP contribution in [0.5, 0.6) is 5.75 Å². The molecule has 0 bridgehead atoms. The maximum Gasteiger partial charge on any atom is 0.303 e. The zero-order valence-corrected chi connectivity index (χ0v) is 18.2. The lowest BCUT2D eigenvalue weighted by atomic mass is 9.80. The highest BCUT2D eigenvalue weighted by Gasteiger charge is 2.19. The van der Waals surface area contributed by atoms with Gasteiger partial charge < -0.3 is 9.84 Å². The molecule has 2 aromatic rings. The summed E-state index contributed by atoms with van der Waals surface area (Å²) >= 11 is 0. The first-order valence-electron chi connectivity index (χ1n) is 10.7. The summed E-state index contributed by atoms with van der Waals surface area (Å²) in [5, 5.41) is 8.74. The number of allylic oxidation sites excluding steroid dienone is 5. The molecule has 0 heterocycles. The summed E-state index contributed by atoms with van der Waals surface area (Å²) in [7, 11) is 0. The van der Waals surface area contributed by atoms with E-state index in [9.17, 15) is 9.18 Å². The zero-order valence-electron chi connectivity index (χ0n) is 18.2. The van der Waals surface area contributed by atoms with Gasteiger partial charge in [-0.15, -0.1) is 0 Å². The van der Waals surface area contributed by atoms with Crippen LogP contribution in [0.25, 0.3) is 5.57 Å². The van der Waals surface area contributed by atoms with Crippen LogP contribution in [0.2, 0.25) is 0 Å². The Labute approximate surface area is 183 Å². The fourth-order valence-electron chi connectivity index (χ4n) is 3.94. The van der Waals surface area contributed by atoms with Crippen LogP contribution in [0, 0.1) is 5.82 Å². The Hall–Kier alpha value is -3.14. The van der Waals surface area contributed by atoms with Crippen LogP contribution >= 0.6 is 0 Å². The summed E-state index contributed by atoms with van der Waals surface area (Å²) < 4.78 is 19.3. The molecule has 0 unspecified atom stereocenters. The highest BCUT2D eigenvalue weighted by molar-refractivity contribution is 5.83. The van der Waals surface area contributed by atoms with Crippen molar-refractivity contribution in [3.05, 3.63) is 94.3 Å². The number of ether oxygens (including phenoxy) is 1. The molecule has 1 aliphatic carbocycles. The summed E-state index contributed by atoms with van der Waals surface area (Å²) in [5.74, 6) is -0.349. The van der Waals surface area contributed by atoms with Crippen molar-refractivity contribution in [1.82, 2.24) is 0 Å². The Morgan fingerprint density at radius 2 is 1.48 bits per heavy atom. The first-order valence-corrected chi connectivity index (χ1v) is 10.7. The van der Waals surface area contributed by atoms with Gasteiger partial charge in [0.1, 0.15) is 11.6 Å². The molecule has 4 heteroatoms. The maximum absolute atomic E-state index is 13.6. The second-order valence-electron chi connectivity index (χ2n) is 7.78. The third-order valence-corrected chi connectivity index (χ3v) is 5.58. The minimum atomic E-state index is -0.817. The van der Waals surface area contributed by atoms with Crippen molar-refractivity contribution < 1.29 is 19.0 Å². The normalized spacial score (nSPS) is 18.3. The molecule has 0 saturated heterocycles. The van der Waals surface area contributed by atoms with Gasteiger partial charge in [-0.25, -0.2) is 4.39 Å². The highest BCUT2D eigenvalue weighted by atomic mass is 19.1. The van der Waals surface area contributed by atoms with Crippen molar-refractivity contribution in [2.45, 2.75) is 46.0 Å². The van der Waals surface area contributed by atoms with E-state index in [4.69, 9.17) is 9.84 Å². The minimum Gasteiger partial charge on any atom is -0.494 e. The lowest BCUT2D eigenvalue weighted by molar-refractivity contribution is -0.137. The Balaban J connectivity index is 1.94. The Bertz CT molecular complexity index is 974. The number of rotatable bonds is 7. The molecule has 162 valence electrons. The largest absolute Gasteiger partial charge is 0.494 e. The molecular formula is C27H29FO3. The summed E-state index contributed by atoms with van der Waals surface area (Å²) in [6, 6.07) is 14.6. The van der Waals surface area contributed by atoms with E-state index in [0.29, 0.717) is 18.8 Å². The molecule has 3 nitrogen and oxygen atoms in total. The zero-order chi connectivity index (χ0) is 22.2. The lowest BCUT2D eigenvalue weighted by Gasteiger charge is -2.25. The fraction of sp³-hybridized carbons (Fsp3) is 0.296. The molecule has 0 amide bonds. The van der Waals surface area contributed by atoms with Gasteiger partial charge in [0, 0.05) is 6.42 Å². The van der Waals surface area contributed by atoms with Crippen molar-refractivity contribution in [1.29, 1.82) is 0 Å². The van der Waals surface area contributed by atoms with E-state index in [1.807, 2.05) is 36.4 Å². The molecular weight excluding hydrogens is 391 g/mol. The van der Waals surface area contributed by atoms with Gasteiger partial charge in [-0.3, -0.25) is 4.79 Å². The first kappa shape index (κ1) is 22.5. The van der Waals surface area contributed by atoms with Crippen LogP contribution in [0.3, 0.4) is 0 Å². The number of aliphatic carboxylic acids is 1. The standard InChI is InChI=1S/C27H29FO3/c1-3-19-16-20(4-2)18-23(17-19)27(21-7-11-24(28)12-8-21)22-9-13-25(14-10-22)31-15-5-6-26(29)30/h3-4,7-14H,5-6,15-18H2,1-2H3,(H,29,30)/b19-3-,20-4+,27-23-. The molecule has 0 spiro atoms. The smallest absolute Gasteiger partial charge is 0.303 e. The van der Waals surface area contributed by atoms with E-state index in [2.05, 4.69) is 26.0 Å². The Morgan fingerprint density at radius 3 is 2.00 bits per heavy atom. The maximum atomic E-state index is 13.6. The molecule has 3 rings (SSSR count). The van der Waals surface area contributed by atoms with Crippen LogP contribution < -0.4 is 4.74 Å². The molecule has 31 heavy (non-hydrogen) atoms. The van der Waals surface area contributed by atoms with Crippen molar-refractivity contribution >= 4 is 11.5 Å².